The summed E-state index contributed by atoms with van der Waals surface area (Å²) in [7, 11) is 0. The molecule has 0 aliphatic carbocycles. The average molecular weight is 448 g/mol. The van der Waals surface area contributed by atoms with Crippen LogP contribution < -0.4 is 5.32 Å². The Kier molecular flexibility index (Phi) is 5.44. The van der Waals surface area contributed by atoms with E-state index in [0.29, 0.717) is 22.7 Å². The largest absolute Gasteiger partial charge is 0.452 e. The Balaban J connectivity index is 1.51. The van der Waals surface area contributed by atoms with Crippen LogP contribution in [0.4, 0.5) is 5.69 Å². The van der Waals surface area contributed by atoms with Gasteiger partial charge in [-0.25, -0.2) is 9.78 Å². The van der Waals surface area contributed by atoms with E-state index in [1.807, 2.05) is 36.4 Å². The second-order valence-electron chi connectivity index (χ2n) is 5.02. The van der Waals surface area contributed by atoms with Gasteiger partial charge in [-0.3, -0.25) is 4.79 Å². The zero-order chi connectivity index (χ0) is 17.6. The van der Waals surface area contributed by atoms with Gasteiger partial charge >= 0.3 is 5.97 Å². The van der Waals surface area contributed by atoms with Crippen molar-refractivity contribution in [1.29, 1.82) is 0 Å². The summed E-state index contributed by atoms with van der Waals surface area (Å²) in [6.07, 6.45) is 2.57. The predicted molar refractivity (Wildman–Crippen MR) is 102 cm³/mol. The second kappa shape index (κ2) is 7.93. The average Bonchev–Trinajstić information content (AvgIpc) is 3.01. The van der Waals surface area contributed by atoms with Crippen LogP contribution in [0.2, 0.25) is 0 Å². The van der Waals surface area contributed by atoms with Gasteiger partial charge in [0.25, 0.3) is 5.91 Å². The van der Waals surface area contributed by atoms with Crippen molar-refractivity contribution in [3.8, 4) is 0 Å². The maximum absolute atomic E-state index is 11.8. The van der Waals surface area contributed by atoms with Crippen molar-refractivity contribution in [3.63, 3.8) is 0 Å². The molecule has 0 saturated carbocycles. The number of anilines is 1. The molecule has 3 rings (SSSR count). The third-order valence-electron chi connectivity index (χ3n) is 3.13. The van der Waals surface area contributed by atoms with E-state index in [2.05, 4.69) is 32.9 Å². The molecule has 25 heavy (non-hydrogen) atoms. The topological polar surface area (TPSA) is 81.4 Å². The van der Waals surface area contributed by atoms with E-state index in [1.165, 1.54) is 12.2 Å². The van der Waals surface area contributed by atoms with E-state index >= 15 is 0 Å². The number of ether oxygens (including phenoxy) is 1. The minimum absolute atomic E-state index is 0.293. The molecule has 1 amide bonds. The maximum atomic E-state index is 11.8. The fourth-order valence-corrected chi connectivity index (χ4v) is 2.59. The smallest absolute Gasteiger partial charge is 0.331 e. The first-order valence-electron chi connectivity index (χ1n) is 7.36. The molecule has 126 valence electrons. The van der Waals surface area contributed by atoms with Crippen LogP contribution in [0.25, 0.3) is 17.2 Å². The predicted octanol–water partition coefficient (Wildman–Crippen LogP) is 3.63. The summed E-state index contributed by atoms with van der Waals surface area (Å²) >= 11 is 2.14. The lowest BCUT2D eigenvalue weighted by Gasteiger charge is -2.05. The summed E-state index contributed by atoms with van der Waals surface area (Å²) in [4.78, 5) is 27.7. The van der Waals surface area contributed by atoms with Gasteiger partial charge in [0.2, 0.25) is 5.89 Å². The van der Waals surface area contributed by atoms with Crippen LogP contribution in [-0.2, 0) is 14.3 Å². The fourth-order valence-electron chi connectivity index (χ4n) is 2.05. The van der Waals surface area contributed by atoms with Gasteiger partial charge in [-0.05, 0) is 52.9 Å². The van der Waals surface area contributed by atoms with Gasteiger partial charge in [-0.15, -0.1) is 0 Å². The molecule has 0 bridgehead atoms. The molecule has 0 unspecified atom stereocenters. The van der Waals surface area contributed by atoms with Gasteiger partial charge in [0.05, 0.1) is 0 Å². The Morgan fingerprint density at radius 3 is 2.84 bits per heavy atom. The van der Waals surface area contributed by atoms with Crippen LogP contribution >= 0.6 is 22.6 Å². The van der Waals surface area contributed by atoms with Gasteiger partial charge in [0.1, 0.15) is 5.52 Å². The minimum Gasteiger partial charge on any atom is -0.452 e. The molecule has 0 aliphatic heterocycles. The van der Waals surface area contributed by atoms with Crippen LogP contribution in [0, 0.1) is 3.57 Å². The molecule has 3 aromatic rings. The number of rotatable bonds is 5. The van der Waals surface area contributed by atoms with Crippen molar-refractivity contribution in [3.05, 3.63) is 64.1 Å². The molecule has 0 atom stereocenters. The molecular weight excluding hydrogens is 435 g/mol. The number of carbonyl (C=O) groups excluding carboxylic acids is 2. The number of amides is 1. The van der Waals surface area contributed by atoms with E-state index in [0.717, 1.165) is 3.57 Å². The second-order valence-corrected chi connectivity index (χ2v) is 6.27. The molecule has 0 radical (unpaired) electrons. The standard InChI is InChI=1S/C18H13IN2O4/c19-12-4-3-5-13(10-12)20-16(22)11-24-18(23)9-8-17-21-14-6-1-2-7-15(14)25-17/h1-10H,11H2,(H,20,22)/b9-8+. The Morgan fingerprint density at radius 1 is 1.20 bits per heavy atom. The number of hydrogen-bond acceptors (Lipinski definition) is 5. The summed E-state index contributed by atoms with van der Waals surface area (Å²) in [6, 6.07) is 14.6. The number of fused-ring (bicyclic) bond motifs is 1. The van der Waals surface area contributed by atoms with Gasteiger partial charge < -0.3 is 14.5 Å². The number of benzene rings is 2. The van der Waals surface area contributed by atoms with Crippen molar-refractivity contribution in [2.24, 2.45) is 0 Å². The van der Waals surface area contributed by atoms with Gasteiger partial charge in [0, 0.05) is 21.4 Å². The van der Waals surface area contributed by atoms with Crippen molar-refractivity contribution in [2.75, 3.05) is 11.9 Å². The van der Waals surface area contributed by atoms with Crippen LogP contribution in [0.5, 0.6) is 0 Å². The van der Waals surface area contributed by atoms with Gasteiger partial charge in [0.15, 0.2) is 12.2 Å². The van der Waals surface area contributed by atoms with Gasteiger partial charge in [-0.1, -0.05) is 18.2 Å². The van der Waals surface area contributed by atoms with Crippen LogP contribution in [-0.4, -0.2) is 23.5 Å². The zero-order valence-electron chi connectivity index (χ0n) is 12.9. The van der Waals surface area contributed by atoms with Crippen molar-refractivity contribution in [2.45, 2.75) is 0 Å². The summed E-state index contributed by atoms with van der Waals surface area (Å²) < 4.78 is 11.3. The number of oxazole rings is 1. The molecule has 6 nitrogen and oxygen atoms in total. The Bertz CT molecular complexity index is 916. The molecule has 0 saturated heterocycles. The SMILES string of the molecule is O=C(COC(=O)/C=C/c1nc2ccccc2o1)Nc1cccc(I)c1. The lowest BCUT2D eigenvalue weighted by atomic mass is 10.3. The lowest BCUT2D eigenvalue weighted by molar-refractivity contribution is -0.142. The number of nitrogens with one attached hydrogen (secondary N) is 1. The highest BCUT2D eigenvalue weighted by Gasteiger charge is 2.07. The Labute approximate surface area is 157 Å². The molecule has 7 heteroatoms. The Morgan fingerprint density at radius 2 is 2.04 bits per heavy atom. The molecule has 2 aromatic carbocycles. The number of hydrogen-bond donors (Lipinski definition) is 1. The molecule has 1 heterocycles. The number of halogens is 1. The molecule has 1 N–H and O–H groups in total. The van der Waals surface area contributed by atoms with E-state index in [-0.39, 0.29) is 6.61 Å². The summed E-state index contributed by atoms with van der Waals surface area (Å²) in [6.45, 7) is -0.373. The first kappa shape index (κ1) is 17.2. The highest BCUT2D eigenvalue weighted by molar-refractivity contribution is 14.1. The molecular formula is C18H13IN2O4. The number of esters is 1. The third-order valence-corrected chi connectivity index (χ3v) is 3.80. The van der Waals surface area contributed by atoms with Crippen molar-refractivity contribution >= 4 is 57.3 Å². The first-order valence-corrected chi connectivity index (χ1v) is 8.44. The summed E-state index contributed by atoms with van der Waals surface area (Å²) in [5.41, 5.74) is 1.98. The quantitative estimate of drug-likeness (QED) is 0.367. The highest BCUT2D eigenvalue weighted by Crippen LogP contribution is 2.15. The van der Waals surface area contributed by atoms with E-state index in [1.54, 1.807) is 12.1 Å². The van der Waals surface area contributed by atoms with Crippen LogP contribution in [0.15, 0.2) is 59.0 Å². The number of carbonyl (C=O) groups is 2. The lowest BCUT2D eigenvalue weighted by Crippen LogP contribution is -2.20. The third kappa shape index (κ3) is 4.90. The van der Waals surface area contributed by atoms with E-state index in [4.69, 9.17) is 9.15 Å². The number of aromatic nitrogens is 1. The first-order chi connectivity index (χ1) is 12.1. The molecule has 0 spiro atoms. The maximum Gasteiger partial charge on any atom is 0.331 e. The van der Waals surface area contributed by atoms with E-state index in [9.17, 15) is 9.59 Å². The number of nitrogens with zero attached hydrogens (tertiary/aromatic N) is 1. The van der Waals surface area contributed by atoms with Gasteiger partial charge in [-0.2, -0.15) is 0 Å². The molecule has 1 aromatic heterocycles. The molecule has 0 aliphatic rings. The van der Waals surface area contributed by atoms with Crippen LogP contribution in [0.3, 0.4) is 0 Å². The fraction of sp³-hybridized carbons (Fsp3) is 0.0556. The van der Waals surface area contributed by atoms with E-state index < -0.39 is 11.9 Å². The minimum atomic E-state index is -0.653. The highest BCUT2D eigenvalue weighted by atomic mass is 127. The van der Waals surface area contributed by atoms with Crippen molar-refractivity contribution < 1.29 is 18.7 Å². The summed E-state index contributed by atoms with van der Waals surface area (Å²) in [5.74, 6) is -0.771. The van der Waals surface area contributed by atoms with Crippen LogP contribution in [0.1, 0.15) is 5.89 Å². The molecule has 0 fully saturated rings. The van der Waals surface area contributed by atoms with Crippen molar-refractivity contribution in [1.82, 2.24) is 4.98 Å². The normalized spacial score (nSPS) is 10.9. The Hall–Kier alpha value is -2.68. The summed E-state index contributed by atoms with van der Waals surface area (Å²) in [5, 5.41) is 2.65. The number of para-hydroxylation sites is 2. The monoisotopic (exact) mass is 448 g/mol. The zero-order valence-corrected chi connectivity index (χ0v) is 15.1.